The van der Waals surface area contributed by atoms with Gasteiger partial charge in [-0.15, -0.1) is 10.2 Å². The predicted octanol–water partition coefficient (Wildman–Crippen LogP) is 1.45. The number of piperidine rings is 1. The van der Waals surface area contributed by atoms with Gasteiger partial charge in [0.25, 0.3) is 0 Å². The summed E-state index contributed by atoms with van der Waals surface area (Å²) in [6, 6.07) is 0. The summed E-state index contributed by atoms with van der Waals surface area (Å²) in [5.41, 5.74) is -0.672. The van der Waals surface area contributed by atoms with Gasteiger partial charge in [0.15, 0.2) is 0 Å². The number of carboxylic acids is 1. The molecule has 0 bridgehead atoms. The summed E-state index contributed by atoms with van der Waals surface area (Å²) in [6.07, 6.45) is 2.02. The van der Waals surface area contributed by atoms with Gasteiger partial charge in [-0.05, 0) is 46.1 Å². The van der Waals surface area contributed by atoms with E-state index in [1.807, 2.05) is 32.4 Å². The average Bonchev–Trinajstić information content (AvgIpc) is 2.71. The molecule has 2 heterocycles. The van der Waals surface area contributed by atoms with E-state index in [2.05, 4.69) is 15.1 Å². The van der Waals surface area contributed by atoms with Crippen LogP contribution in [0.5, 0.6) is 0 Å². The Balaban J connectivity index is 2.04. The summed E-state index contributed by atoms with van der Waals surface area (Å²) in [4.78, 5) is 13.7. The Morgan fingerprint density at radius 3 is 2.70 bits per heavy atom. The third-order valence-electron chi connectivity index (χ3n) is 4.63. The van der Waals surface area contributed by atoms with Gasteiger partial charge in [-0.2, -0.15) is 0 Å². The fourth-order valence-electron chi connectivity index (χ4n) is 2.75. The van der Waals surface area contributed by atoms with E-state index < -0.39 is 11.4 Å². The first-order valence-electron chi connectivity index (χ1n) is 7.13. The number of aromatic nitrogens is 3. The van der Waals surface area contributed by atoms with Crippen molar-refractivity contribution in [1.82, 2.24) is 19.7 Å². The number of nitrogens with zero attached hydrogens (tertiary/aromatic N) is 4. The Bertz CT molecular complexity index is 495. The molecule has 6 heteroatoms. The molecule has 1 aliphatic rings. The van der Waals surface area contributed by atoms with Crippen molar-refractivity contribution in [3.05, 3.63) is 11.6 Å². The molecule has 20 heavy (non-hydrogen) atoms. The molecule has 0 aromatic carbocycles. The largest absolute Gasteiger partial charge is 0.481 e. The zero-order chi connectivity index (χ0) is 14.9. The first kappa shape index (κ1) is 15.0. The molecule has 112 valence electrons. The van der Waals surface area contributed by atoms with Crippen LogP contribution in [-0.2, 0) is 18.4 Å². The van der Waals surface area contributed by atoms with E-state index in [0.29, 0.717) is 0 Å². The van der Waals surface area contributed by atoms with Gasteiger partial charge in [0, 0.05) is 13.6 Å². The third-order valence-corrected chi connectivity index (χ3v) is 4.63. The molecular weight excluding hydrogens is 256 g/mol. The van der Waals surface area contributed by atoms with Crippen LogP contribution in [0.15, 0.2) is 0 Å². The average molecular weight is 280 g/mol. The molecule has 1 aromatic heterocycles. The molecule has 1 atom stereocenters. The summed E-state index contributed by atoms with van der Waals surface area (Å²) < 4.78 is 1.99. The van der Waals surface area contributed by atoms with Crippen molar-refractivity contribution in [2.45, 2.75) is 40.2 Å². The lowest BCUT2D eigenvalue weighted by molar-refractivity contribution is -0.151. The molecule has 1 aromatic rings. The monoisotopic (exact) mass is 280 g/mol. The Labute approximate surface area is 119 Å². The van der Waals surface area contributed by atoms with Crippen LogP contribution in [0.25, 0.3) is 0 Å². The first-order chi connectivity index (χ1) is 9.32. The molecule has 0 saturated carbocycles. The standard InChI is InChI=1S/C14H24N4O2/c1-10-15-16-12(17(10)4)9-18-7-5-6-11(8-18)14(2,3)13(19)20/h11H,5-9H2,1-4H3,(H,19,20). The Kier molecular flexibility index (Phi) is 4.13. The Morgan fingerprint density at radius 2 is 2.15 bits per heavy atom. The van der Waals surface area contributed by atoms with Gasteiger partial charge in [0.2, 0.25) is 0 Å². The van der Waals surface area contributed by atoms with Crippen molar-refractivity contribution in [3.63, 3.8) is 0 Å². The van der Waals surface area contributed by atoms with E-state index >= 15 is 0 Å². The van der Waals surface area contributed by atoms with Crippen LogP contribution >= 0.6 is 0 Å². The second-order valence-corrected chi connectivity index (χ2v) is 6.32. The van der Waals surface area contributed by atoms with Gasteiger partial charge >= 0.3 is 5.97 Å². The Hall–Kier alpha value is -1.43. The number of hydrogen-bond donors (Lipinski definition) is 1. The maximum absolute atomic E-state index is 11.4. The minimum atomic E-state index is -0.709. The van der Waals surface area contributed by atoms with Gasteiger partial charge in [0.05, 0.1) is 12.0 Å². The maximum atomic E-state index is 11.4. The van der Waals surface area contributed by atoms with E-state index in [1.165, 1.54) is 0 Å². The van der Waals surface area contributed by atoms with Gasteiger partial charge in [-0.25, -0.2) is 0 Å². The van der Waals surface area contributed by atoms with Crippen molar-refractivity contribution < 1.29 is 9.90 Å². The van der Waals surface area contributed by atoms with Crippen molar-refractivity contribution in [2.75, 3.05) is 13.1 Å². The van der Waals surface area contributed by atoms with Gasteiger partial charge < -0.3 is 9.67 Å². The van der Waals surface area contributed by atoms with Crippen molar-refractivity contribution in [1.29, 1.82) is 0 Å². The predicted molar refractivity (Wildman–Crippen MR) is 75.2 cm³/mol. The normalized spacial score (nSPS) is 21.1. The van der Waals surface area contributed by atoms with E-state index in [9.17, 15) is 9.90 Å². The molecule has 0 aliphatic carbocycles. The molecule has 1 saturated heterocycles. The summed E-state index contributed by atoms with van der Waals surface area (Å²) in [5.74, 6) is 1.32. The maximum Gasteiger partial charge on any atom is 0.309 e. The molecule has 1 N–H and O–H groups in total. The lowest BCUT2D eigenvalue weighted by Gasteiger charge is -2.39. The number of rotatable bonds is 4. The van der Waals surface area contributed by atoms with Crippen molar-refractivity contribution in [3.8, 4) is 0 Å². The zero-order valence-electron chi connectivity index (χ0n) is 12.8. The molecule has 0 spiro atoms. The molecular formula is C14H24N4O2. The number of carbonyl (C=O) groups is 1. The number of aryl methyl sites for hydroxylation is 1. The molecule has 2 rings (SSSR count). The van der Waals surface area contributed by atoms with Crippen LogP contribution in [-0.4, -0.2) is 43.8 Å². The SMILES string of the molecule is Cc1nnc(CN2CCCC(C(C)(C)C(=O)O)C2)n1C. The van der Waals surface area contributed by atoms with Crippen LogP contribution in [0.1, 0.15) is 38.3 Å². The van der Waals surface area contributed by atoms with Crippen LogP contribution < -0.4 is 0 Å². The highest BCUT2D eigenvalue weighted by Crippen LogP contribution is 2.34. The highest BCUT2D eigenvalue weighted by Gasteiger charge is 2.39. The minimum absolute atomic E-state index is 0.183. The van der Waals surface area contributed by atoms with E-state index in [4.69, 9.17) is 0 Å². The second-order valence-electron chi connectivity index (χ2n) is 6.32. The van der Waals surface area contributed by atoms with E-state index in [0.717, 1.165) is 44.1 Å². The van der Waals surface area contributed by atoms with Crippen molar-refractivity contribution >= 4 is 5.97 Å². The fraction of sp³-hybridized carbons (Fsp3) is 0.786. The van der Waals surface area contributed by atoms with Crippen LogP contribution in [0.4, 0.5) is 0 Å². The Morgan fingerprint density at radius 1 is 1.45 bits per heavy atom. The smallest absolute Gasteiger partial charge is 0.309 e. The van der Waals surface area contributed by atoms with Crippen molar-refractivity contribution in [2.24, 2.45) is 18.4 Å². The number of carboxylic acid groups (broad SMARTS) is 1. The molecule has 1 fully saturated rings. The highest BCUT2D eigenvalue weighted by atomic mass is 16.4. The van der Waals surface area contributed by atoms with E-state index in [-0.39, 0.29) is 5.92 Å². The van der Waals surface area contributed by atoms with Gasteiger partial charge in [0.1, 0.15) is 11.6 Å². The molecule has 1 aliphatic heterocycles. The highest BCUT2D eigenvalue weighted by molar-refractivity contribution is 5.74. The zero-order valence-corrected chi connectivity index (χ0v) is 12.8. The molecule has 1 unspecified atom stereocenters. The summed E-state index contributed by atoms with van der Waals surface area (Å²) >= 11 is 0. The molecule has 0 amide bonds. The second kappa shape index (κ2) is 5.52. The number of likely N-dealkylation sites (tertiary alicyclic amines) is 1. The quantitative estimate of drug-likeness (QED) is 0.903. The van der Waals surface area contributed by atoms with Crippen LogP contribution in [0, 0.1) is 18.3 Å². The van der Waals surface area contributed by atoms with Gasteiger partial charge in [-0.3, -0.25) is 9.69 Å². The topological polar surface area (TPSA) is 71.2 Å². The fourth-order valence-corrected chi connectivity index (χ4v) is 2.75. The summed E-state index contributed by atoms with van der Waals surface area (Å²) in [6.45, 7) is 8.14. The summed E-state index contributed by atoms with van der Waals surface area (Å²) in [5, 5.41) is 17.6. The number of aliphatic carboxylic acids is 1. The lowest BCUT2D eigenvalue weighted by Crippen LogP contribution is -2.44. The lowest BCUT2D eigenvalue weighted by atomic mass is 9.74. The first-order valence-corrected chi connectivity index (χ1v) is 7.13. The van der Waals surface area contributed by atoms with Crippen LogP contribution in [0.3, 0.4) is 0 Å². The third kappa shape index (κ3) is 2.85. The van der Waals surface area contributed by atoms with Crippen LogP contribution in [0.2, 0.25) is 0 Å². The molecule has 0 radical (unpaired) electrons. The van der Waals surface area contributed by atoms with E-state index in [1.54, 1.807) is 0 Å². The number of hydrogen-bond acceptors (Lipinski definition) is 4. The summed E-state index contributed by atoms with van der Waals surface area (Å²) in [7, 11) is 1.97. The minimum Gasteiger partial charge on any atom is -0.481 e. The molecule has 6 nitrogen and oxygen atoms in total. The van der Waals surface area contributed by atoms with Gasteiger partial charge in [-0.1, -0.05) is 0 Å².